The van der Waals surface area contributed by atoms with Gasteiger partial charge in [-0.15, -0.1) is 11.3 Å². The van der Waals surface area contributed by atoms with E-state index in [2.05, 4.69) is 22.2 Å². The minimum Gasteiger partial charge on any atom is -0.354 e. The Hall–Kier alpha value is -2.25. The molecule has 1 amide bonds. The van der Waals surface area contributed by atoms with Crippen LogP contribution >= 0.6 is 11.3 Å². The van der Waals surface area contributed by atoms with Crippen LogP contribution in [0.1, 0.15) is 51.3 Å². The molecule has 4 rings (SSSR count). The lowest BCUT2D eigenvalue weighted by atomic mass is 10.0. The SMILES string of the molecule is Cc1nn([C@H](C)C(=O)NCCCN2CCCC[C@H]2C)c(=O)c2c1sc1ccccc12. The fourth-order valence-corrected chi connectivity index (χ4v) is 5.52. The van der Waals surface area contributed by atoms with Crippen molar-refractivity contribution in [1.82, 2.24) is 20.0 Å². The number of likely N-dealkylation sites (tertiary alicyclic amines) is 1. The van der Waals surface area contributed by atoms with E-state index in [1.807, 2.05) is 31.2 Å². The minimum atomic E-state index is -0.645. The van der Waals surface area contributed by atoms with Crippen LogP contribution in [0.5, 0.6) is 0 Å². The number of benzene rings is 1. The van der Waals surface area contributed by atoms with Crippen molar-refractivity contribution >= 4 is 37.4 Å². The first kappa shape index (κ1) is 21.0. The predicted octanol–water partition coefficient (Wildman–Crippen LogP) is 3.86. The van der Waals surface area contributed by atoms with Crippen LogP contribution in [-0.4, -0.2) is 46.3 Å². The maximum atomic E-state index is 13.2. The van der Waals surface area contributed by atoms with E-state index in [1.54, 1.807) is 18.3 Å². The standard InChI is InChI=1S/C23H30N4O2S/c1-15-9-6-7-13-26(15)14-8-12-24-22(28)17(3)27-23(29)20-18-10-4-5-11-19(18)30-21(20)16(2)25-27/h4-5,10-11,15,17H,6-9,12-14H2,1-3H3,(H,24,28)/t15-,17-/m1/s1. The lowest BCUT2D eigenvalue weighted by Crippen LogP contribution is -2.40. The number of hydrogen-bond donors (Lipinski definition) is 1. The molecule has 1 saturated heterocycles. The normalized spacial score (nSPS) is 18.7. The molecule has 160 valence electrons. The number of nitrogens with one attached hydrogen (secondary N) is 1. The molecule has 7 heteroatoms. The zero-order valence-corrected chi connectivity index (χ0v) is 18.8. The number of rotatable bonds is 6. The summed E-state index contributed by atoms with van der Waals surface area (Å²) in [6, 6.07) is 7.88. The summed E-state index contributed by atoms with van der Waals surface area (Å²) >= 11 is 1.58. The second-order valence-electron chi connectivity index (χ2n) is 8.34. The first-order valence-corrected chi connectivity index (χ1v) is 11.7. The third-order valence-corrected chi connectivity index (χ3v) is 7.49. The zero-order valence-electron chi connectivity index (χ0n) is 18.0. The topological polar surface area (TPSA) is 67.2 Å². The van der Waals surface area contributed by atoms with Gasteiger partial charge in [-0.2, -0.15) is 5.10 Å². The summed E-state index contributed by atoms with van der Waals surface area (Å²) in [5.74, 6) is -0.158. The van der Waals surface area contributed by atoms with E-state index in [9.17, 15) is 9.59 Å². The number of carbonyl (C=O) groups excluding carboxylic acids is 1. The van der Waals surface area contributed by atoms with E-state index in [1.165, 1.54) is 23.9 Å². The summed E-state index contributed by atoms with van der Waals surface area (Å²) in [7, 11) is 0. The smallest absolute Gasteiger partial charge is 0.276 e. The molecule has 0 saturated carbocycles. The van der Waals surface area contributed by atoms with Crippen LogP contribution in [0, 0.1) is 6.92 Å². The number of fused-ring (bicyclic) bond motifs is 3. The molecule has 0 aliphatic carbocycles. The molecule has 3 aromatic rings. The summed E-state index contributed by atoms with van der Waals surface area (Å²) in [6.07, 6.45) is 4.76. The molecule has 0 unspecified atom stereocenters. The molecule has 0 spiro atoms. The summed E-state index contributed by atoms with van der Waals surface area (Å²) in [5.41, 5.74) is 0.586. The van der Waals surface area contributed by atoms with E-state index < -0.39 is 6.04 Å². The molecule has 1 aliphatic rings. The van der Waals surface area contributed by atoms with Crippen molar-refractivity contribution in [3.05, 3.63) is 40.3 Å². The van der Waals surface area contributed by atoms with Crippen LogP contribution in [-0.2, 0) is 4.79 Å². The monoisotopic (exact) mass is 426 g/mol. The highest BCUT2D eigenvalue weighted by atomic mass is 32.1. The molecule has 1 aliphatic heterocycles. The third-order valence-electron chi connectivity index (χ3n) is 6.21. The number of nitrogens with zero attached hydrogens (tertiary/aromatic N) is 3. The van der Waals surface area contributed by atoms with Crippen molar-refractivity contribution in [1.29, 1.82) is 0 Å². The average molecular weight is 427 g/mol. The van der Waals surface area contributed by atoms with Gasteiger partial charge in [0.05, 0.1) is 15.8 Å². The molecule has 0 radical (unpaired) electrons. The van der Waals surface area contributed by atoms with Gasteiger partial charge in [0, 0.05) is 29.2 Å². The number of amides is 1. The van der Waals surface area contributed by atoms with Crippen LogP contribution < -0.4 is 10.9 Å². The van der Waals surface area contributed by atoms with E-state index in [-0.39, 0.29) is 11.5 Å². The van der Waals surface area contributed by atoms with E-state index in [0.29, 0.717) is 18.0 Å². The van der Waals surface area contributed by atoms with Crippen LogP contribution in [0.15, 0.2) is 29.1 Å². The van der Waals surface area contributed by atoms with Crippen molar-refractivity contribution in [2.45, 2.75) is 58.5 Å². The van der Waals surface area contributed by atoms with Crippen molar-refractivity contribution in [2.75, 3.05) is 19.6 Å². The van der Waals surface area contributed by atoms with Gasteiger partial charge < -0.3 is 10.2 Å². The highest BCUT2D eigenvalue weighted by molar-refractivity contribution is 7.26. The molecule has 1 aromatic carbocycles. The fraction of sp³-hybridized carbons (Fsp3) is 0.522. The van der Waals surface area contributed by atoms with E-state index in [0.717, 1.165) is 40.0 Å². The van der Waals surface area contributed by atoms with E-state index >= 15 is 0 Å². The Morgan fingerprint density at radius 2 is 2.13 bits per heavy atom. The van der Waals surface area contributed by atoms with Gasteiger partial charge in [-0.1, -0.05) is 24.6 Å². The minimum absolute atomic E-state index is 0.158. The second kappa shape index (κ2) is 8.86. The first-order chi connectivity index (χ1) is 14.5. The predicted molar refractivity (Wildman–Crippen MR) is 123 cm³/mol. The Balaban J connectivity index is 1.46. The maximum absolute atomic E-state index is 13.2. The van der Waals surface area contributed by atoms with Crippen molar-refractivity contribution in [3.63, 3.8) is 0 Å². The lowest BCUT2D eigenvalue weighted by molar-refractivity contribution is -0.124. The summed E-state index contributed by atoms with van der Waals surface area (Å²) in [5, 5.41) is 9.08. The molecular weight excluding hydrogens is 396 g/mol. The number of thiophene rings is 1. The quantitative estimate of drug-likeness (QED) is 0.608. The molecule has 2 aromatic heterocycles. The summed E-state index contributed by atoms with van der Waals surface area (Å²) in [6.45, 7) is 8.70. The number of carbonyl (C=O) groups is 1. The van der Waals surface area contributed by atoms with Gasteiger partial charge >= 0.3 is 0 Å². The number of piperidine rings is 1. The van der Waals surface area contributed by atoms with Crippen LogP contribution in [0.2, 0.25) is 0 Å². The Bertz CT molecular complexity index is 1120. The Kier molecular flexibility index (Phi) is 6.20. The highest BCUT2D eigenvalue weighted by Gasteiger charge is 2.22. The molecule has 2 atom stereocenters. The number of hydrogen-bond acceptors (Lipinski definition) is 5. The van der Waals surface area contributed by atoms with E-state index in [4.69, 9.17) is 0 Å². The molecular formula is C23H30N4O2S. The van der Waals surface area contributed by atoms with Crippen molar-refractivity contribution in [2.24, 2.45) is 0 Å². The van der Waals surface area contributed by atoms with Gasteiger partial charge in [-0.05, 0) is 52.6 Å². The molecule has 3 heterocycles. The Morgan fingerprint density at radius 3 is 2.93 bits per heavy atom. The van der Waals surface area contributed by atoms with Gasteiger partial charge in [-0.3, -0.25) is 9.59 Å². The average Bonchev–Trinajstić information content (AvgIpc) is 3.15. The van der Waals surface area contributed by atoms with Crippen LogP contribution in [0.4, 0.5) is 0 Å². The Labute approximate surface area is 180 Å². The van der Waals surface area contributed by atoms with Crippen molar-refractivity contribution in [3.8, 4) is 0 Å². The van der Waals surface area contributed by atoms with Crippen LogP contribution in [0.25, 0.3) is 20.2 Å². The zero-order chi connectivity index (χ0) is 21.3. The maximum Gasteiger partial charge on any atom is 0.276 e. The van der Waals surface area contributed by atoms with Gasteiger partial charge in [0.15, 0.2) is 0 Å². The second-order valence-corrected chi connectivity index (χ2v) is 9.39. The molecule has 30 heavy (non-hydrogen) atoms. The Morgan fingerprint density at radius 1 is 1.33 bits per heavy atom. The van der Waals surface area contributed by atoms with Gasteiger partial charge in [0.25, 0.3) is 5.56 Å². The molecule has 1 N–H and O–H groups in total. The lowest BCUT2D eigenvalue weighted by Gasteiger charge is -2.33. The van der Waals surface area contributed by atoms with Gasteiger partial charge in [0.1, 0.15) is 6.04 Å². The highest BCUT2D eigenvalue weighted by Crippen LogP contribution is 2.32. The first-order valence-electron chi connectivity index (χ1n) is 10.9. The summed E-state index contributed by atoms with van der Waals surface area (Å²) in [4.78, 5) is 28.4. The van der Waals surface area contributed by atoms with Crippen LogP contribution in [0.3, 0.4) is 0 Å². The molecule has 6 nitrogen and oxygen atoms in total. The summed E-state index contributed by atoms with van der Waals surface area (Å²) < 4.78 is 3.32. The third kappa shape index (κ3) is 4.01. The largest absolute Gasteiger partial charge is 0.354 e. The fourth-order valence-electron chi connectivity index (χ4n) is 4.38. The molecule has 1 fully saturated rings. The van der Waals surface area contributed by atoms with Gasteiger partial charge in [-0.25, -0.2) is 4.68 Å². The van der Waals surface area contributed by atoms with Gasteiger partial charge in [0.2, 0.25) is 5.91 Å². The molecule has 0 bridgehead atoms. The number of aromatic nitrogens is 2. The number of aryl methyl sites for hydroxylation is 1. The van der Waals surface area contributed by atoms with Crippen molar-refractivity contribution < 1.29 is 4.79 Å².